The lowest BCUT2D eigenvalue weighted by atomic mass is 10.3. The van der Waals surface area contributed by atoms with Crippen molar-refractivity contribution in [2.24, 2.45) is 0 Å². The average Bonchev–Trinajstić information content (AvgIpc) is 2.91. The second kappa shape index (κ2) is 5.51. The first-order valence-electron chi connectivity index (χ1n) is 5.63. The molecule has 4 nitrogen and oxygen atoms in total. The van der Waals surface area contributed by atoms with E-state index >= 15 is 0 Å². The van der Waals surface area contributed by atoms with E-state index in [-0.39, 0.29) is 0 Å². The standard InChI is InChI=1S/C12H17N3O/c1-2-5-13-8-11-4-7-15(9-11)10-12-3-6-14-16-12/h3-4,6-7,9,13H,2,5,8,10H2,1H3. The first-order valence-corrected chi connectivity index (χ1v) is 5.63. The van der Waals surface area contributed by atoms with Crippen LogP contribution in [0.1, 0.15) is 24.7 Å². The van der Waals surface area contributed by atoms with Gasteiger partial charge in [0.25, 0.3) is 0 Å². The van der Waals surface area contributed by atoms with Gasteiger partial charge in [-0.1, -0.05) is 12.1 Å². The molecule has 0 aliphatic carbocycles. The molecule has 86 valence electrons. The van der Waals surface area contributed by atoms with Gasteiger partial charge in [0, 0.05) is 25.0 Å². The summed E-state index contributed by atoms with van der Waals surface area (Å²) in [4.78, 5) is 0. The molecule has 2 heterocycles. The van der Waals surface area contributed by atoms with Crippen molar-refractivity contribution < 1.29 is 4.52 Å². The van der Waals surface area contributed by atoms with Crippen LogP contribution in [0.15, 0.2) is 35.2 Å². The van der Waals surface area contributed by atoms with Gasteiger partial charge in [-0.3, -0.25) is 0 Å². The summed E-state index contributed by atoms with van der Waals surface area (Å²) in [5.41, 5.74) is 1.30. The monoisotopic (exact) mass is 219 g/mol. The van der Waals surface area contributed by atoms with Crippen molar-refractivity contribution in [2.45, 2.75) is 26.4 Å². The third-order valence-electron chi connectivity index (χ3n) is 2.40. The summed E-state index contributed by atoms with van der Waals surface area (Å²) in [5.74, 6) is 0.878. The molecule has 0 aliphatic rings. The summed E-state index contributed by atoms with van der Waals surface area (Å²) in [7, 11) is 0. The third kappa shape index (κ3) is 2.97. The molecule has 2 rings (SSSR count). The molecule has 0 saturated heterocycles. The van der Waals surface area contributed by atoms with Gasteiger partial charge in [0.05, 0.1) is 12.7 Å². The Labute approximate surface area is 95.2 Å². The fraction of sp³-hybridized carbons (Fsp3) is 0.417. The molecule has 2 aromatic heterocycles. The Hall–Kier alpha value is -1.55. The smallest absolute Gasteiger partial charge is 0.156 e. The van der Waals surface area contributed by atoms with E-state index in [9.17, 15) is 0 Å². The minimum Gasteiger partial charge on any atom is -0.359 e. The quantitative estimate of drug-likeness (QED) is 0.756. The molecule has 0 spiro atoms. The van der Waals surface area contributed by atoms with Crippen LogP contribution in [0.3, 0.4) is 0 Å². The van der Waals surface area contributed by atoms with Crippen LogP contribution in [-0.2, 0) is 13.1 Å². The van der Waals surface area contributed by atoms with Crippen LogP contribution in [0.4, 0.5) is 0 Å². The molecule has 0 saturated carbocycles. The van der Waals surface area contributed by atoms with Gasteiger partial charge >= 0.3 is 0 Å². The van der Waals surface area contributed by atoms with Crippen LogP contribution in [0, 0.1) is 0 Å². The Morgan fingerprint density at radius 2 is 2.38 bits per heavy atom. The van der Waals surface area contributed by atoms with Crippen LogP contribution in [-0.4, -0.2) is 16.3 Å². The topological polar surface area (TPSA) is 43.0 Å². The number of nitrogens with one attached hydrogen (secondary N) is 1. The molecule has 0 unspecified atom stereocenters. The van der Waals surface area contributed by atoms with Gasteiger partial charge < -0.3 is 14.4 Å². The van der Waals surface area contributed by atoms with Crippen LogP contribution < -0.4 is 5.32 Å². The number of hydrogen-bond donors (Lipinski definition) is 1. The highest BCUT2D eigenvalue weighted by Gasteiger charge is 2.00. The lowest BCUT2D eigenvalue weighted by Crippen LogP contribution is -2.13. The largest absolute Gasteiger partial charge is 0.359 e. The summed E-state index contributed by atoms with van der Waals surface area (Å²) in [6.45, 7) is 4.90. The summed E-state index contributed by atoms with van der Waals surface area (Å²) in [6.07, 6.45) is 7.03. The van der Waals surface area contributed by atoms with Crippen molar-refractivity contribution in [3.05, 3.63) is 42.0 Å². The van der Waals surface area contributed by atoms with E-state index in [4.69, 9.17) is 4.52 Å². The Kier molecular flexibility index (Phi) is 3.77. The van der Waals surface area contributed by atoms with E-state index in [1.54, 1.807) is 6.20 Å². The molecule has 0 aliphatic heterocycles. The first kappa shape index (κ1) is 11.0. The van der Waals surface area contributed by atoms with E-state index in [0.29, 0.717) is 0 Å². The van der Waals surface area contributed by atoms with Crippen LogP contribution in [0.2, 0.25) is 0 Å². The summed E-state index contributed by atoms with van der Waals surface area (Å²) in [5, 5.41) is 7.06. The van der Waals surface area contributed by atoms with Gasteiger partial charge in [0.15, 0.2) is 5.76 Å². The molecule has 1 N–H and O–H groups in total. The van der Waals surface area contributed by atoms with Crippen LogP contribution in [0.5, 0.6) is 0 Å². The SMILES string of the molecule is CCCNCc1ccn(Cc2ccno2)c1. The second-order valence-electron chi connectivity index (χ2n) is 3.85. The Morgan fingerprint density at radius 3 is 3.12 bits per heavy atom. The van der Waals surface area contributed by atoms with Gasteiger partial charge in [-0.15, -0.1) is 0 Å². The molecule has 0 bridgehead atoms. The molecule has 0 amide bonds. The zero-order chi connectivity index (χ0) is 11.2. The van der Waals surface area contributed by atoms with E-state index in [0.717, 1.165) is 25.4 Å². The maximum atomic E-state index is 5.06. The van der Waals surface area contributed by atoms with Crippen molar-refractivity contribution in [3.8, 4) is 0 Å². The van der Waals surface area contributed by atoms with E-state index in [1.165, 1.54) is 12.0 Å². The molecule has 0 radical (unpaired) electrons. The first-order chi connectivity index (χ1) is 7.88. The molecule has 0 fully saturated rings. The third-order valence-corrected chi connectivity index (χ3v) is 2.40. The van der Waals surface area contributed by atoms with Gasteiger partial charge in [-0.2, -0.15) is 0 Å². The van der Waals surface area contributed by atoms with Crippen molar-refractivity contribution in [1.29, 1.82) is 0 Å². The van der Waals surface area contributed by atoms with E-state index in [1.807, 2.05) is 6.07 Å². The minimum atomic E-state index is 0.744. The highest BCUT2D eigenvalue weighted by atomic mass is 16.5. The van der Waals surface area contributed by atoms with Crippen molar-refractivity contribution in [1.82, 2.24) is 15.0 Å². The van der Waals surface area contributed by atoms with Gasteiger partial charge in [0.2, 0.25) is 0 Å². The highest BCUT2D eigenvalue weighted by molar-refractivity contribution is 5.11. The van der Waals surface area contributed by atoms with Crippen molar-refractivity contribution >= 4 is 0 Å². The fourth-order valence-corrected chi connectivity index (χ4v) is 1.61. The van der Waals surface area contributed by atoms with Crippen LogP contribution in [0.25, 0.3) is 0 Å². The van der Waals surface area contributed by atoms with Gasteiger partial charge in [-0.25, -0.2) is 0 Å². The second-order valence-corrected chi connectivity index (χ2v) is 3.85. The molecule has 4 heteroatoms. The maximum absolute atomic E-state index is 5.06. The van der Waals surface area contributed by atoms with Crippen LogP contribution >= 0.6 is 0 Å². The number of rotatable bonds is 6. The van der Waals surface area contributed by atoms with Gasteiger partial charge in [0.1, 0.15) is 0 Å². The molecular formula is C12H17N3O. The number of aromatic nitrogens is 2. The zero-order valence-electron chi connectivity index (χ0n) is 9.52. The Morgan fingerprint density at radius 1 is 1.44 bits per heavy atom. The fourth-order valence-electron chi connectivity index (χ4n) is 1.61. The van der Waals surface area contributed by atoms with Gasteiger partial charge in [-0.05, 0) is 24.6 Å². The molecular weight excluding hydrogens is 202 g/mol. The minimum absolute atomic E-state index is 0.744. The zero-order valence-corrected chi connectivity index (χ0v) is 9.52. The molecule has 16 heavy (non-hydrogen) atoms. The van der Waals surface area contributed by atoms with Crippen molar-refractivity contribution in [2.75, 3.05) is 6.54 Å². The molecule has 0 atom stereocenters. The lowest BCUT2D eigenvalue weighted by Gasteiger charge is -2.00. The molecule has 0 aromatic carbocycles. The Balaban J connectivity index is 1.87. The predicted molar refractivity (Wildman–Crippen MR) is 62.0 cm³/mol. The van der Waals surface area contributed by atoms with E-state index < -0.39 is 0 Å². The summed E-state index contributed by atoms with van der Waals surface area (Å²) in [6, 6.07) is 4.01. The Bertz CT molecular complexity index is 406. The van der Waals surface area contributed by atoms with E-state index in [2.05, 4.69) is 40.4 Å². The lowest BCUT2D eigenvalue weighted by molar-refractivity contribution is 0.376. The molecule has 2 aromatic rings. The number of hydrogen-bond acceptors (Lipinski definition) is 3. The normalized spacial score (nSPS) is 10.8. The highest BCUT2D eigenvalue weighted by Crippen LogP contribution is 2.05. The van der Waals surface area contributed by atoms with Crippen molar-refractivity contribution in [3.63, 3.8) is 0 Å². The maximum Gasteiger partial charge on any atom is 0.156 e. The summed E-state index contributed by atoms with van der Waals surface area (Å²) < 4.78 is 7.16. The predicted octanol–water partition coefficient (Wildman–Crippen LogP) is 2.02. The average molecular weight is 219 g/mol. The summed E-state index contributed by atoms with van der Waals surface area (Å²) >= 11 is 0. The number of nitrogens with zero attached hydrogens (tertiary/aromatic N) is 2.